The third-order valence-corrected chi connectivity index (χ3v) is 4.50. The number of piperazine rings is 1. The molecule has 0 saturated carbocycles. The van der Waals surface area contributed by atoms with E-state index in [4.69, 9.17) is 16.3 Å². The maximum atomic E-state index is 12.0. The summed E-state index contributed by atoms with van der Waals surface area (Å²) in [5, 5.41) is 16.8. The maximum Gasteiger partial charge on any atom is 0.409 e. The molecular weight excluding hydrogens is 390 g/mol. The number of benzene rings is 1. The second-order valence-corrected chi connectivity index (χ2v) is 6.57. The van der Waals surface area contributed by atoms with Crippen molar-refractivity contribution < 1.29 is 19.2 Å². The molecule has 0 aromatic heterocycles. The summed E-state index contributed by atoms with van der Waals surface area (Å²) in [5.41, 5.74) is 0.489. The number of nitro benzene ring substituents is 1. The van der Waals surface area contributed by atoms with Gasteiger partial charge in [0.15, 0.2) is 0 Å². The van der Waals surface area contributed by atoms with Crippen molar-refractivity contribution >= 4 is 35.0 Å². The topological polar surface area (TPSA) is 117 Å². The fraction of sp³-hybridized carbons (Fsp3) is 0.529. The summed E-state index contributed by atoms with van der Waals surface area (Å²) >= 11 is 6.00. The van der Waals surface area contributed by atoms with Crippen molar-refractivity contribution in [1.82, 2.24) is 15.1 Å². The first-order valence-corrected chi connectivity index (χ1v) is 9.37. The lowest BCUT2D eigenvalue weighted by Crippen LogP contribution is -2.51. The molecule has 2 amide bonds. The minimum Gasteiger partial charge on any atom is -0.450 e. The Kier molecular flexibility index (Phi) is 8.27. The van der Waals surface area contributed by atoms with Crippen LogP contribution in [-0.4, -0.2) is 79.1 Å². The minimum absolute atomic E-state index is 0.0769. The van der Waals surface area contributed by atoms with Gasteiger partial charge in [0.05, 0.1) is 28.8 Å². The fourth-order valence-corrected chi connectivity index (χ4v) is 2.96. The highest BCUT2D eigenvalue weighted by Crippen LogP contribution is 2.26. The Bertz CT molecular complexity index is 709. The second kappa shape index (κ2) is 10.7. The molecule has 1 aromatic carbocycles. The van der Waals surface area contributed by atoms with E-state index in [1.165, 1.54) is 18.2 Å². The SMILES string of the molecule is CCOC(=O)N1CCN(CC(=O)NCCNc2ccc([N+](=O)[O-])cc2Cl)CC1. The number of hydrogen-bond donors (Lipinski definition) is 2. The number of anilines is 1. The molecule has 28 heavy (non-hydrogen) atoms. The number of carbonyl (C=O) groups excluding carboxylic acids is 2. The summed E-state index contributed by atoms with van der Waals surface area (Å²) in [7, 11) is 0. The molecule has 0 aliphatic carbocycles. The standard InChI is InChI=1S/C17H24ClN5O5/c1-2-28-17(25)22-9-7-21(8-10-22)12-16(24)20-6-5-19-15-4-3-13(23(26)27)11-14(15)18/h3-4,11,19H,2,5-10,12H2,1H3,(H,20,24). The van der Waals surface area contributed by atoms with Gasteiger partial charge in [0.2, 0.25) is 5.91 Å². The highest BCUT2D eigenvalue weighted by molar-refractivity contribution is 6.33. The highest BCUT2D eigenvalue weighted by atomic mass is 35.5. The molecule has 154 valence electrons. The summed E-state index contributed by atoms with van der Waals surface area (Å²) in [5.74, 6) is -0.110. The molecule has 10 nitrogen and oxygen atoms in total. The maximum absolute atomic E-state index is 12.0. The number of nitro groups is 1. The van der Waals surface area contributed by atoms with Gasteiger partial charge in [0.25, 0.3) is 5.69 Å². The van der Waals surface area contributed by atoms with Crippen LogP contribution in [0.4, 0.5) is 16.2 Å². The van der Waals surface area contributed by atoms with E-state index in [1.807, 2.05) is 4.90 Å². The van der Waals surface area contributed by atoms with Crippen molar-refractivity contribution in [3.8, 4) is 0 Å². The van der Waals surface area contributed by atoms with Gasteiger partial charge in [0, 0.05) is 51.4 Å². The lowest BCUT2D eigenvalue weighted by Gasteiger charge is -2.33. The van der Waals surface area contributed by atoms with Crippen LogP contribution in [-0.2, 0) is 9.53 Å². The molecular formula is C17H24ClN5O5. The molecule has 1 heterocycles. The van der Waals surface area contributed by atoms with E-state index in [2.05, 4.69) is 10.6 Å². The van der Waals surface area contributed by atoms with Crippen LogP contribution in [0.2, 0.25) is 5.02 Å². The second-order valence-electron chi connectivity index (χ2n) is 6.16. The zero-order valence-electron chi connectivity index (χ0n) is 15.6. The van der Waals surface area contributed by atoms with E-state index in [1.54, 1.807) is 11.8 Å². The minimum atomic E-state index is -0.511. The van der Waals surface area contributed by atoms with Crippen molar-refractivity contribution in [2.24, 2.45) is 0 Å². The zero-order chi connectivity index (χ0) is 20.5. The normalized spacial score (nSPS) is 14.4. The predicted octanol–water partition coefficient (Wildman–Crippen LogP) is 1.55. The van der Waals surface area contributed by atoms with Crippen LogP contribution in [0.15, 0.2) is 18.2 Å². The monoisotopic (exact) mass is 413 g/mol. The molecule has 1 aliphatic heterocycles. The molecule has 0 atom stereocenters. The van der Waals surface area contributed by atoms with Gasteiger partial charge in [-0.05, 0) is 13.0 Å². The Balaban J connectivity index is 1.64. The molecule has 1 aliphatic rings. The predicted molar refractivity (Wildman–Crippen MR) is 105 cm³/mol. The number of amides is 2. The summed E-state index contributed by atoms with van der Waals surface area (Å²) in [6.07, 6.45) is -0.317. The third-order valence-electron chi connectivity index (χ3n) is 4.19. The van der Waals surface area contributed by atoms with Crippen LogP contribution >= 0.6 is 11.6 Å². The number of carbonyl (C=O) groups is 2. The van der Waals surface area contributed by atoms with Gasteiger partial charge in [0.1, 0.15) is 0 Å². The molecule has 1 aromatic rings. The number of halogens is 1. The molecule has 0 spiro atoms. The van der Waals surface area contributed by atoms with Gasteiger partial charge in [-0.25, -0.2) is 4.79 Å². The molecule has 0 bridgehead atoms. The van der Waals surface area contributed by atoms with E-state index >= 15 is 0 Å². The Labute approximate surface area is 167 Å². The first-order chi connectivity index (χ1) is 13.4. The smallest absolute Gasteiger partial charge is 0.409 e. The summed E-state index contributed by atoms with van der Waals surface area (Å²) in [4.78, 5) is 37.5. The van der Waals surface area contributed by atoms with Crippen LogP contribution in [0.1, 0.15) is 6.92 Å². The van der Waals surface area contributed by atoms with Crippen molar-refractivity contribution in [3.63, 3.8) is 0 Å². The largest absolute Gasteiger partial charge is 0.450 e. The Morgan fingerprint density at radius 3 is 2.57 bits per heavy atom. The van der Waals surface area contributed by atoms with E-state index in [9.17, 15) is 19.7 Å². The summed E-state index contributed by atoms with van der Waals surface area (Å²) < 4.78 is 4.97. The lowest BCUT2D eigenvalue weighted by molar-refractivity contribution is -0.384. The fourth-order valence-electron chi connectivity index (χ4n) is 2.72. The van der Waals surface area contributed by atoms with Gasteiger partial charge in [-0.1, -0.05) is 11.6 Å². The molecule has 0 unspecified atom stereocenters. The molecule has 2 rings (SSSR count). The number of nitrogens with one attached hydrogen (secondary N) is 2. The molecule has 2 N–H and O–H groups in total. The van der Waals surface area contributed by atoms with Gasteiger partial charge in [-0.15, -0.1) is 0 Å². The van der Waals surface area contributed by atoms with E-state index < -0.39 is 4.92 Å². The first kappa shape index (κ1) is 21.7. The first-order valence-electron chi connectivity index (χ1n) is 8.99. The average Bonchev–Trinajstić information content (AvgIpc) is 2.66. The quantitative estimate of drug-likeness (QED) is 0.377. The number of ether oxygens (including phenoxy) is 1. The Morgan fingerprint density at radius 1 is 1.25 bits per heavy atom. The van der Waals surface area contributed by atoms with Gasteiger partial charge in [-0.2, -0.15) is 0 Å². The van der Waals surface area contributed by atoms with Crippen LogP contribution in [0.25, 0.3) is 0 Å². The molecule has 1 saturated heterocycles. The number of hydrogen-bond acceptors (Lipinski definition) is 7. The third kappa shape index (κ3) is 6.54. The summed E-state index contributed by atoms with van der Waals surface area (Å²) in [6.45, 7) is 5.48. The van der Waals surface area contributed by atoms with Crippen LogP contribution < -0.4 is 10.6 Å². The number of nitrogens with zero attached hydrogens (tertiary/aromatic N) is 3. The van der Waals surface area contributed by atoms with Gasteiger partial charge in [-0.3, -0.25) is 19.8 Å². The van der Waals surface area contributed by atoms with Crippen molar-refractivity contribution in [1.29, 1.82) is 0 Å². The van der Waals surface area contributed by atoms with Crippen molar-refractivity contribution in [2.75, 3.05) is 57.7 Å². The van der Waals surface area contributed by atoms with E-state index in [0.29, 0.717) is 51.6 Å². The van der Waals surface area contributed by atoms with E-state index in [0.717, 1.165) is 0 Å². The molecule has 0 radical (unpaired) electrons. The number of rotatable bonds is 8. The number of non-ortho nitro benzene ring substituents is 1. The Morgan fingerprint density at radius 2 is 1.96 bits per heavy atom. The zero-order valence-corrected chi connectivity index (χ0v) is 16.4. The molecule has 11 heteroatoms. The van der Waals surface area contributed by atoms with Crippen molar-refractivity contribution in [2.45, 2.75) is 6.92 Å². The van der Waals surface area contributed by atoms with Crippen molar-refractivity contribution in [3.05, 3.63) is 33.3 Å². The highest BCUT2D eigenvalue weighted by Gasteiger charge is 2.22. The van der Waals surface area contributed by atoms with Gasteiger partial charge >= 0.3 is 6.09 Å². The van der Waals surface area contributed by atoms with Crippen LogP contribution in [0.3, 0.4) is 0 Å². The summed E-state index contributed by atoms with van der Waals surface area (Å²) in [6, 6.07) is 4.17. The average molecular weight is 414 g/mol. The lowest BCUT2D eigenvalue weighted by atomic mass is 10.3. The van der Waals surface area contributed by atoms with Crippen LogP contribution in [0.5, 0.6) is 0 Å². The Hall–Kier alpha value is -2.59. The van der Waals surface area contributed by atoms with Crippen LogP contribution in [0, 0.1) is 10.1 Å². The van der Waals surface area contributed by atoms with Gasteiger partial charge < -0.3 is 20.3 Å². The van der Waals surface area contributed by atoms with E-state index in [-0.39, 0.29) is 29.3 Å². The molecule has 1 fully saturated rings.